The normalized spacial score (nSPS) is 24.2. The molecule has 0 saturated carbocycles. The molecule has 3 aliphatic rings. The molecule has 2 saturated heterocycles. The number of carbonyl (C=O) groups excluding carboxylic acids is 4. The molecular weight excluding hydrogens is 478 g/mol. The molecule has 6 rings (SSSR count). The van der Waals surface area contributed by atoms with Crippen molar-refractivity contribution in [1.82, 2.24) is 0 Å². The van der Waals surface area contributed by atoms with Gasteiger partial charge in [-0.15, -0.1) is 0 Å². The molecule has 2 aliphatic heterocycles. The number of ketones is 2. The Labute approximate surface area is 212 Å². The zero-order chi connectivity index (χ0) is 25.4. The average molecular weight is 500 g/mol. The van der Waals surface area contributed by atoms with E-state index in [1.54, 1.807) is 60.7 Å². The van der Waals surface area contributed by atoms with Crippen LogP contribution in [0.4, 0.5) is 5.69 Å². The van der Waals surface area contributed by atoms with E-state index in [2.05, 4.69) is 13.8 Å². The Morgan fingerprint density at radius 3 is 1.94 bits per heavy atom. The van der Waals surface area contributed by atoms with Crippen LogP contribution < -0.4 is 4.90 Å². The van der Waals surface area contributed by atoms with Crippen molar-refractivity contribution in [2.24, 2.45) is 11.8 Å². The first kappa shape index (κ1) is 22.8. The van der Waals surface area contributed by atoms with Crippen LogP contribution in [-0.2, 0) is 14.3 Å². The van der Waals surface area contributed by atoms with Crippen molar-refractivity contribution in [3.63, 3.8) is 0 Å². The zero-order valence-electron chi connectivity index (χ0n) is 19.6. The lowest BCUT2D eigenvalue weighted by atomic mass is 9.77. The number of benzene rings is 3. The number of imide groups is 1. The molecule has 180 valence electrons. The molecule has 2 heterocycles. The molecule has 3 aromatic rings. The lowest BCUT2D eigenvalue weighted by molar-refractivity contribution is -0.127. The fourth-order valence-corrected chi connectivity index (χ4v) is 5.86. The highest BCUT2D eigenvalue weighted by molar-refractivity contribution is 6.37. The van der Waals surface area contributed by atoms with Gasteiger partial charge in [-0.1, -0.05) is 74.0 Å². The number of Topliss-reactive ketones (excluding diaryl/α,β-unsaturated/α-hetero) is 2. The molecule has 6 nitrogen and oxygen atoms in total. The average Bonchev–Trinajstić information content (AvgIpc) is 3.44. The summed E-state index contributed by atoms with van der Waals surface area (Å²) in [5, 5.41) is 0.490. The molecule has 2 amide bonds. The second kappa shape index (κ2) is 7.95. The van der Waals surface area contributed by atoms with E-state index in [0.717, 1.165) is 10.5 Å². The number of hydrogen-bond acceptors (Lipinski definition) is 5. The predicted octanol–water partition coefficient (Wildman–Crippen LogP) is 5.16. The number of carbonyl (C=O) groups is 4. The minimum absolute atomic E-state index is 0.206. The maximum atomic E-state index is 14.0. The Bertz CT molecular complexity index is 1410. The van der Waals surface area contributed by atoms with Gasteiger partial charge in [0.05, 0.1) is 23.6 Å². The van der Waals surface area contributed by atoms with Crippen molar-refractivity contribution in [3.05, 3.63) is 100 Å². The van der Waals surface area contributed by atoms with Gasteiger partial charge in [-0.05, 0) is 41.3 Å². The van der Waals surface area contributed by atoms with Crippen LogP contribution in [-0.4, -0.2) is 29.0 Å². The standard InChI is InChI=1S/C29H22ClNO5/c1-15(2)16-9-13-19(14-10-16)31-27(34)22-23(28(31)35)29(36-24(22)17-7-11-18(30)12-8-17)25(32)20-5-3-4-6-21(20)26(29)33/h3-15,22-24H,1-2H3. The van der Waals surface area contributed by atoms with Gasteiger partial charge in [0.25, 0.3) is 0 Å². The van der Waals surface area contributed by atoms with E-state index >= 15 is 0 Å². The number of hydrogen-bond donors (Lipinski definition) is 0. The van der Waals surface area contributed by atoms with Gasteiger partial charge in [0, 0.05) is 16.1 Å². The maximum Gasteiger partial charge on any atom is 0.241 e. The van der Waals surface area contributed by atoms with Crippen molar-refractivity contribution in [2.45, 2.75) is 31.5 Å². The summed E-state index contributed by atoms with van der Waals surface area (Å²) in [5.41, 5.74) is 0.368. The Balaban J connectivity index is 1.51. The van der Waals surface area contributed by atoms with Gasteiger partial charge in [0.1, 0.15) is 0 Å². The number of amides is 2. The third-order valence-corrected chi connectivity index (χ3v) is 7.79. The minimum Gasteiger partial charge on any atom is -0.349 e. The summed E-state index contributed by atoms with van der Waals surface area (Å²) in [6.07, 6.45) is -0.967. The van der Waals surface area contributed by atoms with Gasteiger partial charge in [0.2, 0.25) is 29.0 Å². The van der Waals surface area contributed by atoms with Crippen LogP contribution in [0.3, 0.4) is 0 Å². The van der Waals surface area contributed by atoms with E-state index in [9.17, 15) is 19.2 Å². The Hall–Kier alpha value is -3.61. The molecule has 1 aliphatic carbocycles. The molecule has 3 aromatic carbocycles. The zero-order valence-corrected chi connectivity index (χ0v) is 20.4. The summed E-state index contributed by atoms with van der Waals surface area (Å²) in [4.78, 5) is 56.5. The van der Waals surface area contributed by atoms with E-state index in [0.29, 0.717) is 16.3 Å². The summed E-state index contributed by atoms with van der Waals surface area (Å²) in [5.74, 6) is -4.28. The Morgan fingerprint density at radius 1 is 0.806 bits per heavy atom. The highest BCUT2D eigenvalue weighted by atomic mass is 35.5. The van der Waals surface area contributed by atoms with Crippen LogP contribution in [0.25, 0.3) is 0 Å². The van der Waals surface area contributed by atoms with Crippen molar-refractivity contribution in [1.29, 1.82) is 0 Å². The summed E-state index contributed by atoms with van der Waals surface area (Å²) < 4.78 is 6.27. The second-order valence-corrected chi connectivity index (χ2v) is 10.2. The van der Waals surface area contributed by atoms with E-state index in [4.69, 9.17) is 16.3 Å². The van der Waals surface area contributed by atoms with Gasteiger partial charge in [0.15, 0.2) is 0 Å². The molecule has 3 atom stereocenters. The smallest absolute Gasteiger partial charge is 0.241 e. The molecular formula is C29H22ClNO5. The summed E-state index contributed by atoms with van der Waals surface area (Å²) in [6, 6.07) is 20.3. The lowest BCUT2D eigenvalue weighted by Crippen LogP contribution is -2.51. The monoisotopic (exact) mass is 499 g/mol. The summed E-state index contributed by atoms with van der Waals surface area (Å²) in [6.45, 7) is 4.11. The van der Waals surface area contributed by atoms with E-state index in [-0.39, 0.29) is 17.0 Å². The molecule has 7 heteroatoms. The number of nitrogens with zero attached hydrogens (tertiary/aromatic N) is 1. The predicted molar refractivity (Wildman–Crippen MR) is 133 cm³/mol. The van der Waals surface area contributed by atoms with E-state index in [1.165, 1.54) is 0 Å². The van der Waals surface area contributed by atoms with Crippen molar-refractivity contribution >= 4 is 40.7 Å². The van der Waals surface area contributed by atoms with Crippen LogP contribution in [0.2, 0.25) is 5.02 Å². The van der Waals surface area contributed by atoms with Crippen LogP contribution in [0.5, 0.6) is 0 Å². The highest BCUT2D eigenvalue weighted by Gasteiger charge is 2.74. The number of halogens is 1. The molecule has 1 spiro atoms. The number of anilines is 1. The third-order valence-electron chi connectivity index (χ3n) is 7.54. The number of fused-ring (bicyclic) bond motifs is 3. The first-order chi connectivity index (χ1) is 17.3. The van der Waals surface area contributed by atoms with Gasteiger partial charge in [-0.25, -0.2) is 4.90 Å². The van der Waals surface area contributed by atoms with Crippen LogP contribution in [0.1, 0.15) is 57.7 Å². The Kier molecular flexibility index (Phi) is 5.04. The fourth-order valence-electron chi connectivity index (χ4n) is 5.73. The minimum atomic E-state index is -2.09. The molecule has 0 bridgehead atoms. The molecule has 2 fully saturated rings. The van der Waals surface area contributed by atoms with Crippen LogP contribution in [0, 0.1) is 11.8 Å². The van der Waals surface area contributed by atoms with Crippen LogP contribution in [0.15, 0.2) is 72.8 Å². The summed E-state index contributed by atoms with van der Waals surface area (Å²) in [7, 11) is 0. The third kappa shape index (κ3) is 2.95. The summed E-state index contributed by atoms with van der Waals surface area (Å²) >= 11 is 6.07. The largest absolute Gasteiger partial charge is 0.349 e. The van der Waals surface area contributed by atoms with Crippen molar-refractivity contribution in [3.8, 4) is 0 Å². The lowest BCUT2D eigenvalue weighted by Gasteiger charge is -2.27. The SMILES string of the molecule is CC(C)c1ccc(N2C(=O)C3C(c4ccc(Cl)cc4)OC4(C(=O)c5ccccc5C4=O)C3C2=O)cc1. The van der Waals surface area contributed by atoms with Gasteiger partial charge in [-0.2, -0.15) is 0 Å². The molecule has 0 radical (unpaired) electrons. The quantitative estimate of drug-likeness (QED) is 0.367. The molecule has 3 unspecified atom stereocenters. The number of ether oxygens (including phenoxy) is 1. The van der Waals surface area contributed by atoms with Crippen molar-refractivity contribution in [2.75, 3.05) is 4.90 Å². The van der Waals surface area contributed by atoms with Gasteiger partial charge < -0.3 is 4.74 Å². The van der Waals surface area contributed by atoms with Crippen molar-refractivity contribution < 1.29 is 23.9 Å². The first-order valence-electron chi connectivity index (χ1n) is 11.9. The second-order valence-electron chi connectivity index (χ2n) is 9.79. The van der Waals surface area contributed by atoms with Gasteiger partial charge in [-0.3, -0.25) is 19.2 Å². The molecule has 36 heavy (non-hydrogen) atoms. The topological polar surface area (TPSA) is 80.8 Å². The Morgan fingerprint density at radius 2 is 1.39 bits per heavy atom. The van der Waals surface area contributed by atoms with E-state index in [1.807, 2.05) is 12.1 Å². The number of rotatable bonds is 3. The maximum absolute atomic E-state index is 14.0. The highest BCUT2D eigenvalue weighted by Crippen LogP contribution is 2.57. The van der Waals surface area contributed by atoms with E-state index < -0.39 is 46.9 Å². The van der Waals surface area contributed by atoms with Gasteiger partial charge >= 0.3 is 0 Å². The fraction of sp³-hybridized carbons (Fsp3) is 0.241. The molecule has 0 aromatic heterocycles. The first-order valence-corrected chi connectivity index (χ1v) is 12.2. The molecule has 0 N–H and O–H groups in total. The van der Waals surface area contributed by atoms with Crippen LogP contribution >= 0.6 is 11.6 Å².